The highest BCUT2D eigenvalue weighted by Crippen LogP contribution is 1.89. The maximum Gasteiger partial charge on any atom is 0.325 e. The van der Waals surface area contributed by atoms with Crippen LogP contribution in [0.3, 0.4) is 0 Å². The molecule has 0 aliphatic heterocycles. The first-order chi connectivity index (χ1) is 7.65. The first-order valence-electron chi connectivity index (χ1n) is 5.33. The second-order valence-electron chi connectivity index (χ2n) is 3.04. The monoisotopic (exact) mass is 232 g/mol. The Morgan fingerprint density at radius 3 is 2.50 bits per heavy atom. The number of hydrogen-bond acceptors (Lipinski definition) is 4. The van der Waals surface area contributed by atoms with Crippen molar-refractivity contribution in [3.8, 4) is 0 Å². The lowest BCUT2D eigenvalue weighted by Crippen LogP contribution is -2.43. The molecule has 94 valence electrons. The van der Waals surface area contributed by atoms with Crippen LogP contribution in [0.5, 0.6) is 0 Å². The Kier molecular flexibility index (Phi) is 8.24. The Balaban J connectivity index is 3.87. The average Bonchev–Trinajstić information content (AvgIpc) is 2.28. The SMILES string of the molecule is CCOC(=O)CNC(=O)N(CC)CCOC. The summed E-state index contributed by atoms with van der Waals surface area (Å²) < 4.78 is 9.57. The molecule has 0 aliphatic rings. The van der Waals surface area contributed by atoms with E-state index in [1.165, 1.54) is 0 Å². The number of nitrogens with zero attached hydrogens (tertiary/aromatic N) is 1. The first kappa shape index (κ1) is 14.7. The number of urea groups is 1. The van der Waals surface area contributed by atoms with Crippen LogP contribution in [0.2, 0.25) is 0 Å². The molecule has 1 N–H and O–H groups in total. The van der Waals surface area contributed by atoms with Gasteiger partial charge in [-0.2, -0.15) is 0 Å². The van der Waals surface area contributed by atoms with Gasteiger partial charge in [-0.3, -0.25) is 4.79 Å². The normalized spacial score (nSPS) is 9.69. The fourth-order valence-corrected chi connectivity index (χ4v) is 1.08. The molecule has 0 aromatic carbocycles. The molecule has 0 radical (unpaired) electrons. The third kappa shape index (κ3) is 6.23. The molecule has 0 aliphatic carbocycles. The number of ether oxygens (including phenoxy) is 2. The standard InChI is InChI=1S/C10H20N2O4/c1-4-12(6-7-15-3)10(14)11-8-9(13)16-5-2/h4-8H2,1-3H3,(H,11,14). The summed E-state index contributed by atoms with van der Waals surface area (Å²) in [6, 6.07) is -0.285. The Morgan fingerprint density at radius 1 is 1.31 bits per heavy atom. The van der Waals surface area contributed by atoms with Gasteiger partial charge in [-0.15, -0.1) is 0 Å². The van der Waals surface area contributed by atoms with Crippen LogP contribution in [0.1, 0.15) is 13.8 Å². The second-order valence-corrected chi connectivity index (χ2v) is 3.04. The Bertz CT molecular complexity index is 221. The predicted octanol–water partition coefficient (Wildman–Crippen LogP) is 0.227. The van der Waals surface area contributed by atoms with Crippen molar-refractivity contribution < 1.29 is 19.1 Å². The minimum Gasteiger partial charge on any atom is -0.465 e. The molecule has 0 bridgehead atoms. The van der Waals surface area contributed by atoms with Crippen molar-refractivity contribution >= 4 is 12.0 Å². The highest BCUT2D eigenvalue weighted by atomic mass is 16.5. The average molecular weight is 232 g/mol. The molecule has 0 aromatic rings. The van der Waals surface area contributed by atoms with Gasteiger partial charge in [-0.1, -0.05) is 0 Å². The van der Waals surface area contributed by atoms with E-state index in [1.807, 2.05) is 6.92 Å². The molecule has 0 saturated carbocycles. The lowest BCUT2D eigenvalue weighted by Gasteiger charge is -2.20. The molecule has 2 amide bonds. The number of nitrogens with one attached hydrogen (secondary N) is 1. The summed E-state index contributed by atoms with van der Waals surface area (Å²) in [5.74, 6) is -0.432. The predicted molar refractivity (Wildman–Crippen MR) is 59.2 cm³/mol. The van der Waals surface area contributed by atoms with E-state index in [9.17, 15) is 9.59 Å². The maximum absolute atomic E-state index is 11.5. The number of amides is 2. The molecule has 0 spiro atoms. The van der Waals surface area contributed by atoms with Gasteiger partial charge >= 0.3 is 12.0 Å². The highest BCUT2D eigenvalue weighted by Gasteiger charge is 2.12. The molecule has 6 nitrogen and oxygen atoms in total. The summed E-state index contributed by atoms with van der Waals surface area (Å²) in [5, 5.41) is 2.48. The van der Waals surface area contributed by atoms with E-state index in [4.69, 9.17) is 4.74 Å². The first-order valence-corrected chi connectivity index (χ1v) is 5.33. The molecule has 16 heavy (non-hydrogen) atoms. The molecule has 0 aromatic heterocycles. The minimum absolute atomic E-state index is 0.101. The zero-order chi connectivity index (χ0) is 12.4. The van der Waals surface area contributed by atoms with Crippen LogP contribution in [0.15, 0.2) is 0 Å². The van der Waals surface area contributed by atoms with Crippen molar-refractivity contribution in [1.82, 2.24) is 10.2 Å². The molecule has 6 heteroatoms. The van der Waals surface area contributed by atoms with Crippen molar-refractivity contribution in [3.63, 3.8) is 0 Å². The molecular formula is C10H20N2O4. The van der Waals surface area contributed by atoms with Gasteiger partial charge < -0.3 is 19.7 Å². The summed E-state index contributed by atoms with van der Waals surface area (Å²) in [4.78, 5) is 24.1. The quantitative estimate of drug-likeness (QED) is 0.638. The van der Waals surface area contributed by atoms with Crippen LogP contribution in [-0.4, -0.2) is 56.9 Å². The topological polar surface area (TPSA) is 67.9 Å². The van der Waals surface area contributed by atoms with Gasteiger partial charge in [0.1, 0.15) is 6.54 Å². The number of hydrogen-bond donors (Lipinski definition) is 1. The summed E-state index contributed by atoms with van der Waals surface area (Å²) in [7, 11) is 1.57. The van der Waals surface area contributed by atoms with Crippen LogP contribution in [0.4, 0.5) is 4.79 Å². The van der Waals surface area contributed by atoms with Gasteiger partial charge in [0, 0.05) is 20.2 Å². The largest absolute Gasteiger partial charge is 0.465 e. The smallest absolute Gasteiger partial charge is 0.325 e. The Labute approximate surface area is 95.9 Å². The van der Waals surface area contributed by atoms with Gasteiger partial charge in [0.15, 0.2) is 0 Å². The van der Waals surface area contributed by atoms with Crippen molar-refractivity contribution in [2.24, 2.45) is 0 Å². The fourth-order valence-electron chi connectivity index (χ4n) is 1.08. The number of carbonyl (C=O) groups excluding carboxylic acids is 2. The van der Waals surface area contributed by atoms with E-state index < -0.39 is 5.97 Å². The number of likely N-dealkylation sites (N-methyl/N-ethyl adjacent to an activating group) is 1. The lowest BCUT2D eigenvalue weighted by atomic mass is 10.5. The van der Waals surface area contributed by atoms with Crippen molar-refractivity contribution in [3.05, 3.63) is 0 Å². The van der Waals surface area contributed by atoms with Gasteiger partial charge in [-0.25, -0.2) is 4.79 Å². The van der Waals surface area contributed by atoms with Crippen LogP contribution in [-0.2, 0) is 14.3 Å². The minimum atomic E-state index is -0.432. The lowest BCUT2D eigenvalue weighted by molar-refractivity contribution is -0.141. The van der Waals surface area contributed by atoms with Crippen LogP contribution in [0.25, 0.3) is 0 Å². The summed E-state index contributed by atoms with van der Waals surface area (Å²) >= 11 is 0. The Hall–Kier alpha value is -1.30. The maximum atomic E-state index is 11.5. The van der Waals surface area contributed by atoms with Gasteiger partial charge in [0.05, 0.1) is 13.2 Å². The summed E-state index contributed by atoms with van der Waals surface area (Å²) in [5.41, 5.74) is 0. The van der Waals surface area contributed by atoms with E-state index in [2.05, 4.69) is 10.1 Å². The summed E-state index contributed by atoms with van der Waals surface area (Å²) in [6.07, 6.45) is 0. The third-order valence-electron chi connectivity index (χ3n) is 1.92. The molecule has 0 atom stereocenters. The molecule has 0 rings (SSSR count). The van der Waals surface area contributed by atoms with E-state index in [1.54, 1.807) is 18.9 Å². The van der Waals surface area contributed by atoms with Crippen LogP contribution >= 0.6 is 0 Å². The molecular weight excluding hydrogens is 212 g/mol. The van der Waals surface area contributed by atoms with E-state index in [0.717, 1.165) is 0 Å². The number of esters is 1. The Morgan fingerprint density at radius 2 is 2.00 bits per heavy atom. The molecule has 0 unspecified atom stereocenters. The van der Waals surface area contributed by atoms with E-state index in [-0.39, 0.29) is 12.6 Å². The third-order valence-corrected chi connectivity index (χ3v) is 1.92. The number of methoxy groups -OCH3 is 1. The number of rotatable bonds is 7. The van der Waals surface area contributed by atoms with Crippen molar-refractivity contribution in [2.45, 2.75) is 13.8 Å². The highest BCUT2D eigenvalue weighted by molar-refractivity contribution is 5.80. The van der Waals surface area contributed by atoms with E-state index >= 15 is 0 Å². The molecule has 0 fully saturated rings. The van der Waals surface area contributed by atoms with Crippen LogP contribution < -0.4 is 5.32 Å². The van der Waals surface area contributed by atoms with Gasteiger partial charge in [-0.05, 0) is 13.8 Å². The summed E-state index contributed by atoms with van der Waals surface area (Å²) in [6.45, 7) is 5.34. The van der Waals surface area contributed by atoms with Crippen LogP contribution in [0, 0.1) is 0 Å². The van der Waals surface area contributed by atoms with E-state index in [0.29, 0.717) is 26.3 Å². The van der Waals surface area contributed by atoms with Crippen molar-refractivity contribution in [1.29, 1.82) is 0 Å². The number of carbonyl (C=O) groups is 2. The van der Waals surface area contributed by atoms with Gasteiger partial charge in [0.2, 0.25) is 0 Å². The van der Waals surface area contributed by atoms with Crippen molar-refractivity contribution in [2.75, 3.05) is 40.0 Å². The molecule has 0 heterocycles. The fraction of sp³-hybridized carbons (Fsp3) is 0.800. The van der Waals surface area contributed by atoms with Gasteiger partial charge in [0.25, 0.3) is 0 Å². The zero-order valence-electron chi connectivity index (χ0n) is 10.1. The molecule has 0 saturated heterocycles. The second kappa shape index (κ2) is 8.96. The zero-order valence-corrected chi connectivity index (χ0v) is 10.1.